The molecule has 7 nitrogen and oxygen atoms in total. The van der Waals surface area contributed by atoms with Crippen LogP contribution in [0.15, 0.2) is 48.5 Å². The molecular weight excluding hydrogens is 394 g/mol. The minimum Gasteiger partial charge on any atom is -0.352 e. The Morgan fingerprint density at radius 1 is 1.00 bits per heavy atom. The topological polar surface area (TPSA) is 98.7 Å². The highest BCUT2D eigenvalue weighted by Gasteiger charge is 2.23. The van der Waals surface area contributed by atoms with E-state index in [0.29, 0.717) is 16.8 Å². The molecule has 0 saturated heterocycles. The second kappa shape index (κ2) is 10.7. The number of hydrogen-bond donors (Lipinski definition) is 3. The van der Waals surface area contributed by atoms with E-state index in [1.165, 1.54) is 11.3 Å². The molecule has 2 aromatic carbocycles. The van der Waals surface area contributed by atoms with Crippen molar-refractivity contribution in [1.82, 2.24) is 10.8 Å². The lowest BCUT2D eigenvalue weighted by Crippen LogP contribution is -2.45. The molecule has 7 heteroatoms. The summed E-state index contributed by atoms with van der Waals surface area (Å²) in [4.78, 5) is 38.9. The second-order valence-electron chi connectivity index (χ2n) is 7.98. The highest BCUT2D eigenvalue weighted by molar-refractivity contribution is 6.00. The Bertz CT molecular complexity index is 921. The van der Waals surface area contributed by atoms with Crippen molar-refractivity contribution in [2.45, 2.75) is 51.5 Å². The van der Waals surface area contributed by atoms with Gasteiger partial charge in [0, 0.05) is 17.3 Å². The van der Waals surface area contributed by atoms with Crippen molar-refractivity contribution < 1.29 is 19.6 Å². The molecule has 0 unspecified atom stereocenters. The van der Waals surface area contributed by atoms with Gasteiger partial charge in [-0.15, -0.1) is 0 Å². The van der Waals surface area contributed by atoms with E-state index in [1.807, 2.05) is 31.2 Å². The van der Waals surface area contributed by atoms with Crippen LogP contribution in [0.5, 0.6) is 0 Å². The Balaban J connectivity index is 1.74. The highest BCUT2D eigenvalue weighted by Crippen LogP contribution is 2.21. The Labute approximate surface area is 182 Å². The third-order valence-corrected chi connectivity index (χ3v) is 5.65. The van der Waals surface area contributed by atoms with E-state index in [-0.39, 0.29) is 30.8 Å². The van der Waals surface area contributed by atoms with Gasteiger partial charge >= 0.3 is 0 Å². The van der Waals surface area contributed by atoms with Crippen LogP contribution in [-0.4, -0.2) is 35.5 Å². The normalized spacial score (nSPS) is 14.0. The summed E-state index contributed by atoms with van der Waals surface area (Å²) >= 11 is 0. The largest absolute Gasteiger partial charge is 0.352 e. The average Bonchev–Trinajstić information content (AvgIpc) is 2.78. The van der Waals surface area contributed by atoms with E-state index >= 15 is 0 Å². The maximum Gasteiger partial charge on any atom is 0.274 e. The number of amides is 3. The zero-order valence-electron chi connectivity index (χ0n) is 17.8. The van der Waals surface area contributed by atoms with Crippen molar-refractivity contribution in [2.24, 2.45) is 0 Å². The molecule has 164 valence electrons. The number of hydrogen-bond acceptors (Lipinski definition) is 4. The van der Waals surface area contributed by atoms with E-state index in [1.54, 1.807) is 29.7 Å². The molecule has 0 bridgehead atoms. The Hall–Kier alpha value is -3.19. The highest BCUT2D eigenvalue weighted by atomic mass is 16.5. The Kier molecular flexibility index (Phi) is 7.78. The summed E-state index contributed by atoms with van der Waals surface area (Å²) in [6.45, 7) is 1.88. The van der Waals surface area contributed by atoms with Crippen molar-refractivity contribution in [1.29, 1.82) is 0 Å². The Morgan fingerprint density at radius 3 is 2.32 bits per heavy atom. The standard InChI is InChI=1S/C24H29N3O4/c1-17-7-5-6-10-21(17)27(16-22(28)25-20-8-3-2-4-9-20)23(29)15-18-11-13-19(14-12-18)24(30)26-31/h5-7,10-14,20,31H,2-4,8-9,15-16H2,1H3,(H,25,28)(H,26,30). The molecule has 1 aliphatic carbocycles. The number of nitrogens with zero attached hydrogens (tertiary/aromatic N) is 1. The number of rotatable bonds is 7. The van der Waals surface area contributed by atoms with Crippen LogP contribution in [0.4, 0.5) is 5.69 Å². The van der Waals surface area contributed by atoms with E-state index < -0.39 is 5.91 Å². The fourth-order valence-electron chi connectivity index (χ4n) is 3.95. The summed E-state index contributed by atoms with van der Waals surface area (Å²) in [6.07, 6.45) is 5.51. The fraction of sp³-hybridized carbons (Fsp3) is 0.375. The molecule has 0 atom stereocenters. The SMILES string of the molecule is Cc1ccccc1N(CC(=O)NC1CCCCC1)C(=O)Cc1ccc(C(=O)NO)cc1. The first-order valence-electron chi connectivity index (χ1n) is 10.7. The van der Waals surface area contributed by atoms with Crippen LogP contribution in [0.25, 0.3) is 0 Å². The van der Waals surface area contributed by atoms with Crippen LogP contribution in [-0.2, 0) is 16.0 Å². The summed E-state index contributed by atoms with van der Waals surface area (Å²) in [6, 6.07) is 14.1. The van der Waals surface area contributed by atoms with Crippen LogP contribution < -0.4 is 15.7 Å². The van der Waals surface area contributed by atoms with Gasteiger partial charge in [-0.2, -0.15) is 0 Å². The van der Waals surface area contributed by atoms with E-state index in [2.05, 4.69) is 5.32 Å². The average molecular weight is 424 g/mol. The molecule has 31 heavy (non-hydrogen) atoms. The summed E-state index contributed by atoms with van der Waals surface area (Å²) < 4.78 is 0. The number of carbonyl (C=O) groups is 3. The molecule has 1 saturated carbocycles. The third kappa shape index (κ3) is 6.15. The van der Waals surface area contributed by atoms with Crippen molar-refractivity contribution >= 4 is 23.4 Å². The number of benzene rings is 2. The number of nitrogens with one attached hydrogen (secondary N) is 2. The molecule has 1 aliphatic rings. The van der Waals surface area contributed by atoms with E-state index in [4.69, 9.17) is 5.21 Å². The lowest BCUT2D eigenvalue weighted by Gasteiger charge is -2.27. The zero-order chi connectivity index (χ0) is 22.2. The molecule has 3 N–H and O–H groups in total. The number of aryl methyl sites for hydroxylation is 1. The second-order valence-corrected chi connectivity index (χ2v) is 7.98. The van der Waals surface area contributed by atoms with Crippen LogP contribution in [0.3, 0.4) is 0 Å². The van der Waals surface area contributed by atoms with Gasteiger partial charge < -0.3 is 10.2 Å². The number of carbonyl (C=O) groups excluding carboxylic acids is 3. The molecular formula is C24H29N3O4. The predicted molar refractivity (Wildman–Crippen MR) is 118 cm³/mol. The molecule has 0 aromatic heterocycles. The molecule has 0 heterocycles. The first kappa shape index (κ1) is 22.5. The maximum atomic E-state index is 13.2. The molecule has 2 aromatic rings. The van der Waals surface area contributed by atoms with Crippen molar-refractivity contribution in [3.63, 3.8) is 0 Å². The third-order valence-electron chi connectivity index (χ3n) is 5.65. The fourth-order valence-corrected chi connectivity index (χ4v) is 3.95. The summed E-state index contributed by atoms with van der Waals surface area (Å²) in [5.41, 5.74) is 4.21. The van der Waals surface area contributed by atoms with Gasteiger partial charge in [-0.05, 0) is 49.1 Å². The molecule has 3 rings (SSSR count). The van der Waals surface area contributed by atoms with Gasteiger partial charge in [0.1, 0.15) is 6.54 Å². The van der Waals surface area contributed by atoms with Crippen LogP contribution in [0.2, 0.25) is 0 Å². The van der Waals surface area contributed by atoms with Gasteiger partial charge in [-0.25, -0.2) is 5.48 Å². The molecule has 1 fully saturated rings. The molecule has 0 spiro atoms. The quantitative estimate of drug-likeness (QED) is 0.471. The van der Waals surface area contributed by atoms with Crippen LogP contribution in [0.1, 0.15) is 53.6 Å². The van der Waals surface area contributed by atoms with Crippen molar-refractivity contribution in [3.05, 3.63) is 65.2 Å². The zero-order valence-corrected chi connectivity index (χ0v) is 17.8. The van der Waals surface area contributed by atoms with E-state index in [9.17, 15) is 14.4 Å². The van der Waals surface area contributed by atoms with Gasteiger partial charge in [0.2, 0.25) is 11.8 Å². The number of hydroxylamine groups is 1. The van der Waals surface area contributed by atoms with E-state index in [0.717, 1.165) is 31.2 Å². The van der Waals surface area contributed by atoms with Gasteiger partial charge in [-0.3, -0.25) is 19.6 Å². The number of anilines is 1. The van der Waals surface area contributed by atoms with Gasteiger partial charge in [0.25, 0.3) is 5.91 Å². The van der Waals surface area contributed by atoms with Crippen molar-refractivity contribution in [2.75, 3.05) is 11.4 Å². The van der Waals surface area contributed by atoms with Crippen LogP contribution in [0, 0.1) is 6.92 Å². The van der Waals surface area contributed by atoms with Crippen molar-refractivity contribution in [3.8, 4) is 0 Å². The minimum absolute atomic E-state index is 0.0365. The minimum atomic E-state index is -0.612. The summed E-state index contributed by atoms with van der Waals surface area (Å²) in [5, 5.41) is 11.8. The molecule has 3 amide bonds. The van der Waals surface area contributed by atoms with Gasteiger partial charge in [0.15, 0.2) is 0 Å². The van der Waals surface area contributed by atoms with Gasteiger partial charge in [-0.1, -0.05) is 49.6 Å². The number of para-hydroxylation sites is 1. The maximum absolute atomic E-state index is 13.2. The first-order chi connectivity index (χ1) is 15.0. The van der Waals surface area contributed by atoms with Gasteiger partial charge in [0.05, 0.1) is 6.42 Å². The molecule has 0 aliphatic heterocycles. The predicted octanol–water partition coefficient (Wildman–Crippen LogP) is 3.14. The monoisotopic (exact) mass is 423 g/mol. The van der Waals surface area contributed by atoms with Crippen LogP contribution >= 0.6 is 0 Å². The summed E-state index contributed by atoms with van der Waals surface area (Å²) in [5.74, 6) is -0.968. The molecule has 0 radical (unpaired) electrons. The Morgan fingerprint density at radius 2 is 1.68 bits per heavy atom. The smallest absolute Gasteiger partial charge is 0.274 e. The lowest BCUT2D eigenvalue weighted by molar-refractivity contribution is -0.124. The summed E-state index contributed by atoms with van der Waals surface area (Å²) in [7, 11) is 0. The first-order valence-corrected chi connectivity index (χ1v) is 10.7. The lowest BCUT2D eigenvalue weighted by atomic mass is 9.95.